The van der Waals surface area contributed by atoms with Gasteiger partial charge in [0.15, 0.2) is 5.71 Å². The molecule has 122 valence electrons. The van der Waals surface area contributed by atoms with E-state index in [4.69, 9.17) is 9.57 Å². The van der Waals surface area contributed by atoms with Gasteiger partial charge in [0.2, 0.25) is 6.23 Å². The molecule has 0 aliphatic carbocycles. The molecule has 2 aromatic carbocycles. The van der Waals surface area contributed by atoms with Gasteiger partial charge < -0.3 is 14.9 Å². The molecule has 0 radical (unpaired) electrons. The lowest BCUT2D eigenvalue weighted by atomic mass is 9.70. The molecular formula is C19H18N2O3. The average molecular weight is 322 g/mol. The fourth-order valence-electron chi connectivity index (χ4n) is 3.59. The molecule has 0 saturated heterocycles. The van der Waals surface area contributed by atoms with E-state index in [1.807, 2.05) is 36.4 Å². The molecule has 4 rings (SSSR count). The van der Waals surface area contributed by atoms with Crippen LogP contribution < -0.4 is 5.32 Å². The van der Waals surface area contributed by atoms with Crippen molar-refractivity contribution in [2.45, 2.75) is 25.0 Å². The van der Waals surface area contributed by atoms with E-state index in [1.165, 1.54) is 0 Å². The second-order valence-electron chi connectivity index (χ2n) is 5.95. The molecule has 2 aliphatic heterocycles. The van der Waals surface area contributed by atoms with Crippen LogP contribution in [0, 0.1) is 0 Å². The maximum absolute atomic E-state index is 12.2. The Hall–Kier alpha value is -2.82. The molecule has 5 nitrogen and oxygen atoms in total. The number of carbonyl (C=O) groups excluding carboxylic acids is 1. The van der Waals surface area contributed by atoms with Crippen LogP contribution in [0.5, 0.6) is 0 Å². The van der Waals surface area contributed by atoms with Gasteiger partial charge in [-0.1, -0.05) is 53.7 Å². The highest BCUT2D eigenvalue weighted by molar-refractivity contribution is 6.36. The van der Waals surface area contributed by atoms with Crippen molar-refractivity contribution in [3.05, 3.63) is 65.7 Å². The summed E-state index contributed by atoms with van der Waals surface area (Å²) < 4.78 is 5.13. The molecular weight excluding hydrogens is 304 g/mol. The Morgan fingerprint density at radius 3 is 2.79 bits per heavy atom. The van der Waals surface area contributed by atoms with Gasteiger partial charge in [-0.2, -0.15) is 0 Å². The van der Waals surface area contributed by atoms with Crippen molar-refractivity contribution in [1.82, 2.24) is 0 Å². The van der Waals surface area contributed by atoms with Gasteiger partial charge in [0.25, 0.3) is 0 Å². The Kier molecular flexibility index (Phi) is 3.49. The van der Waals surface area contributed by atoms with E-state index in [9.17, 15) is 4.79 Å². The van der Waals surface area contributed by atoms with Crippen molar-refractivity contribution in [1.29, 1.82) is 0 Å². The minimum absolute atomic E-state index is 0.314. The number of benzene rings is 2. The summed E-state index contributed by atoms with van der Waals surface area (Å²) in [5.41, 5.74) is 3.02. The third kappa shape index (κ3) is 2.08. The third-order valence-corrected chi connectivity index (χ3v) is 4.66. The SMILES string of the molecule is CCOC(=O)C1=NO[C@@H]2Nc3ccccc3[C@@]2(c2ccccc2)C1. The zero-order valence-corrected chi connectivity index (χ0v) is 13.4. The highest BCUT2D eigenvalue weighted by Crippen LogP contribution is 2.50. The Bertz CT molecular complexity index is 803. The lowest BCUT2D eigenvalue weighted by molar-refractivity contribution is -0.136. The molecule has 2 atom stereocenters. The van der Waals surface area contributed by atoms with Gasteiger partial charge in [-0.3, -0.25) is 0 Å². The Balaban J connectivity index is 1.85. The summed E-state index contributed by atoms with van der Waals surface area (Å²) in [5.74, 6) is -0.421. The molecule has 2 aliphatic rings. The maximum atomic E-state index is 12.2. The first kappa shape index (κ1) is 14.8. The van der Waals surface area contributed by atoms with Crippen LogP contribution >= 0.6 is 0 Å². The number of hydrogen-bond donors (Lipinski definition) is 1. The molecule has 0 unspecified atom stereocenters. The van der Waals surface area contributed by atoms with E-state index in [0.717, 1.165) is 16.8 Å². The van der Waals surface area contributed by atoms with Crippen molar-refractivity contribution >= 4 is 17.4 Å². The van der Waals surface area contributed by atoms with Gasteiger partial charge in [-0.15, -0.1) is 0 Å². The smallest absolute Gasteiger partial charge is 0.356 e. The fourth-order valence-corrected chi connectivity index (χ4v) is 3.59. The third-order valence-electron chi connectivity index (χ3n) is 4.66. The van der Waals surface area contributed by atoms with Gasteiger partial charge >= 0.3 is 5.97 Å². The van der Waals surface area contributed by atoms with Crippen LogP contribution in [0.3, 0.4) is 0 Å². The van der Waals surface area contributed by atoms with Crippen molar-refractivity contribution < 1.29 is 14.4 Å². The van der Waals surface area contributed by atoms with Crippen molar-refractivity contribution in [3.63, 3.8) is 0 Å². The standard InChI is InChI=1S/C19H18N2O3/c1-2-23-17(22)16-12-19(13-8-4-3-5-9-13)14-10-6-7-11-15(14)20-18(19)24-21-16/h3-11,18,20H,2,12H2,1H3/t18-,19-/m0/s1. The van der Waals surface area contributed by atoms with Crippen LogP contribution in [0.15, 0.2) is 59.8 Å². The topological polar surface area (TPSA) is 59.9 Å². The first-order valence-electron chi connectivity index (χ1n) is 8.07. The molecule has 0 aromatic heterocycles. The molecule has 2 aromatic rings. The lowest BCUT2D eigenvalue weighted by Crippen LogP contribution is -2.47. The molecule has 0 spiro atoms. The quantitative estimate of drug-likeness (QED) is 0.882. The molecule has 2 heterocycles. The first-order valence-corrected chi connectivity index (χ1v) is 8.07. The number of ether oxygens (including phenoxy) is 1. The molecule has 1 N–H and O–H groups in total. The van der Waals surface area contributed by atoms with Crippen LogP contribution in [0.2, 0.25) is 0 Å². The molecule has 0 fully saturated rings. The van der Waals surface area contributed by atoms with E-state index in [0.29, 0.717) is 18.7 Å². The van der Waals surface area contributed by atoms with Gasteiger partial charge in [0.05, 0.1) is 12.0 Å². The van der Waals surface area contributed by atoms with Crippen LogP contribution in [0.1, 0.15) is 24.5 Å². The van der Waals surface area contributed by atoms with Crippen LogP contribution in [-0.2, 0) is 19.8 Å². The van der Waals surface area contributed by atoms with E-state index >= 15 is 0 Å². The Labute approximate surface area is 140 Å². The molecule has 0 saturated carbocycles. The first-order chi connectivity index (χ1) is 11.8. The summed E-state index contributed by atoms with van der Waals surface area (Å²) >= 11 is 0. The predicted octanol–water partition coefficient (Wildman–Crippen LogP) is 3.06. The van der Waals surface area contributed by atoms with Crippen LogP contribution in [0.25, 0.3) is 0 Å². The number of carbonyl (C=O) groups is 1. The summed E-state index contributed by atoms with van der Waals surface area (Å²) in [6.45, 7) is 2.10. The minimum atomic E-state index is -0.498. The highest BCUT2D eigenvalue weighted by Gasteiger charge is 2.54. The number of anilines is 1. The van der Waals surface area contributed by atoms with Gasteiger partial charge in [0, 0.05) is 12.1 Å². The number of esters is 1. The number of oxime groups is 1. The van der Waals surface area contributed by atoms with Crippen LogP contribution in [-0.4, -0.2) is 24.5 Å². The second-order valence-corrected chi connectivity index (χ2v) is 5.95. The summed E-state index contributed by atoms with van der Waals surface area (Å²) in [5, 5.41) is 7.41. The van der Waals surface area contributed by atoms with E-state index in [2.05, 4.69) is 28.7 Å². The molecule has 0 bridgehead atoms. The Morgan fingerprint density at radius 2 is 2.00 bits per heavy atom. The zero-order chi connectivity index (χ0) is 16.6. The van der Waals surface area contributed by atoms with E-state index < -0.39 is 11.4 Å². The van der Waals surface area contributed by atoms with E-state index in [-0.39, 0.29) is 6.23 Å². The van der Waals surface area contributed by atoms with Crippen LogP contribution in [0.4, 0.5) is 5.69 Å². The normalized spacial score (nSPS) is 24.0. The Morgan fingerprint density at radius 1 is 1.25 bits per heavy atom. The molecule has 0 amide bonds. The van der Waals surface area contributed by atoms with E-state index in [1.54, 1.807) is 6.92 Å². The highest BCUT2D eigenvalue weighted by atomic mass is 16.7. The number of fused-ring (bicyclic) bond motifs is 3. The predicted molar refractivity (Wildman–Crippen MR) is 90.8 cm³/mol. The number of hydrogen-bond acceptors (Lipinski definition) is 5. The van der Waals surface area contributed by atoms with Crippen molar-refractivity contribution in [2.75, 3.05) is 11.9 Å². The summed E-state index contributed by atoms with van der Waals surface area (Å²) in [6.07, 6.45) is 0.0836. The van der Waals surface area contributed by atoms with Crippen molar-refractivity contribution in [2.24, 2.45) is 5.16 Å². The monoisotopic (exact) mass is 322 g/mol. The van der Waals surface area contributed by atoms with Gasteiger partial charge in [0.1, 0.15) is 0 Å². The largest absolute Gasteiger partial charge is 0.461 e. The fraction of sp³-hybridized carbons (Fsp3) is 0.263. The van der Waals surface area contributed by atoms with Gasteiger partial charge in [-0.05, 0) is 24.1 Å². The summed E-state index contributed by atoms with van der Waals surface area (Å²) in [7, 11) is 0. The van der Waals surface area contributed by atoms with Crippen molar-refractivity contribution in [3.8, 4) is 0 Å². The number of nitrogens with zero attached hydrogens (tertiary/aromatic N) is 1. The number of rotatable bonds is 3. The maximum Gasteiger partial charge on any atom is 0.356 e. The number of nitrogens with one attached hydrogen (secondary N) is 1. The van der Waals surface area contributed by atoms with Gasteiger partial charge in [-0.25, -0.2) is 4.79 Å². The summed E-state index contributed by atoms with van der Waals surface area (Å²) in [6, 6.07) is 18.2. The number of para-hydroxylation sites is 1. The average Bonchev–Trinajstić information content (AvgIpc) is 2.97. The second kappa shape index (κ2) is 5.67. The molecule has 5 heteroatoms. The zero-order valence-electron chi connectivity index (χ0n) is 13.4. The minimum Gasteiger partial charge on any atom is -0.461 e. The lowest BCUT2D eigenvalue weighted by Gasteiger charge is -2.37. The summed E-state index contributed by atoms with van der Waals surface area (Å²) in [4.78, 5) is 17.9. The molecule has 24 heavy (non-hydrogen) atoms.